The number of hydrogen-bond acceptors (Lipinski definition) is 5. The van der Waals surface area contributed by atoms with Crippen LogP contribution in [-0.4, -0.2) is 65.4 Å². The van der Waals surface area contributed by atoms with E-state index in [9.17, 15) is 9.59 Å². The number of aromatic nitrogens is 1. The number of nitrogens with zero attached hydrogens (tertiary/aromatic N) is 3. The summed E-state index contributed by atoms with van der Waals surface area (Å²) >= 11 is 7.37. The van der Waals surface area contributed by atoms with Crippen LogP contribution < -0.4 is 5.32 Å². The molecule has 1 saturated carbocycles. The van der Waals surface area contributed by atoms with Gasteiger partial charge in [-0.05, 0) is 31.9 Å². The van der Waals surface area contributed by atoms with Crippen LogP contribution in [0.3, 0.4) is 0 Å². The van der Waals surface area contributed by atoms with Crippen molar-refractivity contribution in [2.75, 3.05) is 32.7 Å². The van der Waals surface area contributed by atoms with Crippen molar-refractivity contribution in [3.8, 4) is 10.6 Å². The van der Waals surface area contributed by atoms with Gasteiger partial charge < -0.3 is 10.2 Å². The molecule has 0 atom stereocenters. The van der Waals surface area contributed by atoms with E-state index in [1.807, 2.05) is 36.1 Å². The van der Waals surface area contributed by atoms with Gasteiger partial charge in [-0.2, -0.15) is 0 Å². The second-order valence-corrected chi connectivity index (χ2v) is 8.79. The Balaban J connectivity index is 1.36. The van der Waals surface area contributed by atoms with Gasteiger partial charge in [-0.15, -0.1) is 11.3 Å². The highest BCUT2D eigenvalue weighted by Gasteiger charge is 2.28. The molecule has 2 aliphatic rings. The van der Waals surface area contributed by atoms with Crippen LogP contribution in [0.1, 0.15) is 28.2 Å². The van der Waals surface area contributed by atoms with Gasteiger partial charge in [-0.25, -0.2) is 4.98 Å². The zero-order chi connectivity index (χ0) is 19.7. The van der Waals surface area contributed by atoms with Gasteiger partial charge in [0.1, 0.15) is 9.88 Å². The summed E-state index contributed by atoms with van der Waals surface area (Å²) in [4.78, 5) is 34.2. The smallest absolute Gasteiger partial charge is 0.265 e. The number of carbonyl (C=O) groups is 2. The molecule has 4 rings (SSSR count). The minimum absolute atomic E-state index is 0.0253. The molecule has 0 spiro atoms. The maximum Gasteiger partial charge on any atom is 0.265 e. The highest BCUT2D eigenvalue weighted by atomic mass is 35.5. The van der Waals surface area contributed by atoms with E-state index in [0.717, 1.165) is 29.1 Å². The molecule has 1 aliphatic carbocycles. The fourth-order valence-corrected chi connectivity index (χ4v) is 4.43. The first kappa shape index (κ1) is 19.4. The number of benzene rings is 1. The largest absolute Gasteiger partial charge is 0.352 e. The molecule has 1 saturated heterocycles. The first-order valence-corrected chi connectivity index (χ1v) is 10.7. The van der Waals surface area contributed by atoms with E-state index in [4.69, 9.17) is 11.6 Å². The predicted octanol–water partition coefficient (Wildman–Crippen LogP) is 2.81. The normalized spacial score (nSPS) is 17.6. The summed E-state index contributed by atoms with van der Waals surface area (Å²) in [5.41, 5.74) is 1.72. The van der Waals surface area contributed by atoms with Crippen molar-refractivity contribution in [1.29, 1.82) is 0 Å². The summed E-state index contributed by atoms with van der Waals surface area (Å²) in [6.45, 7) is 4.98. The lowest BCUT2D eigenvalue weighted by Crippen LogP contribution is -2.51. The molecule has 6 nitrogen and oxygen atoms in total. The molecule has 2 heterocycles. The lowest BCUT2D eigenvalue weighted by Gasteiger charge is -2.34. The van der Waals surface area contributed by atoms with Crippen molar-refractivity contribution < 1.29 is 9.59 Å². The Morgan fingerprint density at radius 3 is 2.50 bits per heavy atom. The van der Waals surface area contributed by atoms with Crippen molar-refractivity contribution in [2.24, 2.45) is 0 Å². The maximum atomic E-state index is 13.0. The second kappa shape index (κ2) is 8.19. The molecule has 2 aromatic rings. The van der Waals surface area contributed by atoms with Crippen LogP contribution in [0.5, 0.6) is 0 Å². The second-order valence-electron chi connectivity index (χ2n) is 7.35. The summed E-state index contributed by atoms with van der Waals surface area (Å²) < 4.78 is 0. The van der Waals surface area contributed by atoms with Crippen LogP contribution in [0.4, 0.5) is 0 Å². The zero-order valence-electron chi connectivity index (χ0n) is 15.8. The lowest BCUT2D eigenvalue weighted by molar-refractivity contribution is -0.122. The first-order valence-electron chi connectivity index (χ1n) is 9.54. The van der Waals surface area contributed by atoms with Crippen LogP contribution in [0.25, 0.3) is 10.6 Å². The van der Waals surface area contributed by atoms with Crippen LogP contribution in [0.2, 0.25) is 5.02 Å². The van der Waals surface area contributed by atoms with Crippen molar-refractivity contribution in [1.82, 2.24) is 20.1 Å². The summed E-state index contributed by atoms with van der Waals surface area (Å²) in [5.74, 6) is 0.116. The molecular formula is C20H23ClN4O2S. The standard InChI is InChI=1S/C20H23ClN4O2S/c1-13-18(28-19(22-13)14-2-4-15(21)5-3-14)20(27)25-10-8-24(9-11-25)12-17(26)23-16-6-7-16/h2-5,16H,6-12H2,1H3,(H,23,26). The van der Waals surface area contributed by atoms with Crippen LogP contribution >= 0.6 is 22.9 Å². The van der Waals surface area contributed by atoms with E-state index in [2.05, 4.69) is 15.2 Å². The lowest BCUT2D eigenvalue weighted by atomic mass is 10.2. The van der Waals surface area contributed by atoms with Crippen molar-refractivity contribution in [3.63, 3.8) is 0 Å². The Hall–Kier alpha value is -1.96. The molecule has 1 aromatic carbocycles. The van der Waals surface area contributed by atoms with E-state index in [1.54, 1.807) is 0 Å². The molecule has 148 valence electrons. The predicted molar refractivity (Wildman–Crippen MR) is 111 cm³/mol. The van der Waals surface area contributed by atoms with Gasteiger partial charge in [0, 0.05) is 42.8 Å². The third-order valence-electron chi connectivity index (χ3n) is 5.05. The molecule has 2 amide bonds. The summed E-state index contributed by atoms with van der Waals surface area (Å²) in [6, 6.07) is 7.88. The van der Waals surface area contributed by atoms with E-state index >= 15 is 0 Å². The summed E-state index contributed by atoms with van der Waals surface area (Å²) in [6.07, 6.45) is 2.19. The quantitative estimate of drug-likeness (QED) is 0.810. The Bertz CT molecular complexity index is 871. The average molecular weight is 419 g/mol. The van der Waals surface area contributed by atoms with E-state index < -0.39 is 0 Å². The SMILES string of the molecule is Cc1nc(-c2ccc(Cl)cc2)sc1C(=O)N1CCN(CC(=O)NC2CC2)CC1. The number of hydrogen-bond donors (Lipinski definition) is 1. The Kier molecular flexibility index (Phi) is 5.66. The van der Waals surface area contributed by atoms with Crippen LogP contribution in [-0.2, 0) is 4.79 Å². The number of aryl methyl sites for hydroxylation is 1. The average Bonchev–Trinajstić information content (AvgIpc) is 3.41. The van der Waals surface area contributed by atoms with E-state index in [1.165, 1.54) is 11.3 Å². The third-order valence-corrected chi connectivity index (χ3v) is 6.50. The molecule has 2 fully saturated rings. The van der Waals surface area contributed by atoms with Crippen LogP contribution in [0.15, 0.2) is 24.3 Å². The summed E-state index contributed by atoms with van der Waals surface area (Å²) in [7, 11) is 0. The molecule has 0 radical (unpaired) electrons. The number of rotatable bonds is 5. The zero-order valence-corrected chi connectivity index (χ0v) is 17.4. The Morgan fingerprint density at radius 2 is 1.86 bits per heavy atom. The van der Waals surface area contributed by atoms with Gasteiger partial charge in [0.2, 0.25) is 5.91 Å². The van der Waals surface area contributed by atoms with Crippen LogP contribution in [0, 0.1) is 6.92 Å². The highest BCUT2D eigenvalue weighted by Crippen LogP contribution is 2.30. The van der Waals surface area contributed by atoms with Crippen molar-refractivity contribution >= 4 is 34.8 Å². The van der Waals surface area contributed by atoms with Crippen molar-refractivity contribution in [2.45, 2.75) is 25.8 Å². The molecule has 1 aliphatic heterocycles. The fourth-order valence-electron chi connectivity index (χ4n) is 3.27. The first-order chi connectivity index (χ1) is 13.5. The molecule has 8 heteroatoms. The molecule has 1 aromatic heterocycles. The molecule has 1 N–H and O–H groups in total. The Morgan fingerprint density at radius 1 is 1.18 bits per heavy atom. The fraction of sp³-hybridized carbons (Fsp3) is 0.450. The number of amides is 2. The monoisotopic (exact) mass is 418 g/mol. The number of piperazine rings is 1. The van der Waals surface area contributed by atoms with E-state index in [-0.39, 0.29) is 11.8 Å². The molecule has 28 heavy (non-hydrogen) atoms. The maximum absolute atomic E-state index is 13.0. The topological polar surface area (TPSA) is 65.5 Å². The number of nitrogens with one attached hydrogen (secondary N) is 1. The highest BCUT2D eigenvalue weighted by molar-refractivity contribution is 7.17. The minimum atomic E-state index is 0.0253. The van der Waals surface area contributed by atoms with Gasteiger partial charge in [0.15, 0.2) is 0 Å². The van der Waals surface area contributed by atoms with Gasteiger partial charge in [0.05, 0.1) is 12.2 Å². The molecular weight excluding hydrogens is 396 g/mol. The number of halogens is 1. The third kappa shape index (κ3) is 4.54. The van der Waals surface area contributed by atoms with E-state index in [0.29, 0.717) is 48.7 Å². The number of thiazole rings is 1. The van der Waals surface area contributed by atoms with Gasteiger partial charge >= 0.3 is 0 Å². The van der Waals surface area contributed by atoms with Gasteiger partial charge in [0.25, 0.3) is 5.91 Å². The number of carbonyl (C=O) groups excluding carboxylic acids is 2. The van der Waals surface area contributed by atoms with Crippen molar-refractivity contribution in [3.05, 3.63) is 39.9 Å². The molecule has 0 bridgehead atoms. The van der Waals surface area contributed by atoms with Gasteiger partial charge in [-0.1, -0.05) is 23.7 Å². The summed E-state index contributed by atoms with van der Waals surface area (Å²) in [5, 5.41) is 4.52. The van der Waals surface area contributed by atoms with Gasteiger partial charge in [-0.3, -0.25) is 14.5 Å². The Labute approximate surface area is 173 Å². The molecule has 0 unspecified atom stereocenters. The minimum Gasteiger partial charge on any atom is -0.352 e.